The SMILES string of the molecule is Cc1nc(S(=O)(=O)NCc2ccc(Cl)cc2)c(C#N)c(C)c1Cl. The molecule has 0 aliphatic heterocycles. The second-order valence-corrected chi connectivity index (χ2v) is 7.38. The first-order chi connectivity index (χ1) is 10.8. The van der Waals surface area contributed by atoms with E-state index in [1.807, 2.05) is 6.07 Å². The number of nitriles is 1. The predicted octanol–water partition coefficient (Wildman–Crippen LogP) is 3.36. The van der Waals surface area contributed by atoms with Crippen LogP contribution >= 0.6 is 23.2 Å². The lowest BCUT2D eigenvalue weighted by molar-refractivity contribution is 0.576. The highest BCUT2D eigenvalue weighted by Crippen LogP contribution is 2.26. The molecule has 0 atom stereocenters. The van der Waals surface area contributed by atoms with Gasteiger partial charge in [0, 0.05) is 11.6 Å². The highest BCUT2D eigenvalue weighted by Gasteiger charge is 2.24. The number of rotatable bonds is 4. The van der Waals surface area contributed by atoms with Gasteiger partial charge in [-0.25, -0.2) is 18.1 Å². The van der Waals surface area contributed by atoms with Gasteiger partial charge in [0.2, 0.25) is 0 Å². The Hall–Kier alpha value is -1.65. The van der Waals surface area contributed by atoms with Crippen molar-refractivity contribution in [3.63, 3.8) is 0 Å². The van der Waals surface area contributed by atoms with Crippen molar-refractivity contribution in [1.82, 2.24) is 9.71 Å². The summed E-state index contributed by atoms with van der Waals surface area (Å²) in [5.74, 6) is 0. The number of nitrogens with one attached hydrogen (secondary N) is 1. The zero-order chi connectivity index (χ0) is 17.2. The number of aryl methyl sites for hydroxylation is 1. The van der Waals surface area contributed by atoms with Crippen molar-refractivity contribution < 1.29 is 8.42 Å². The smallest absolute Gasteiger partial charge is 0.237 e. The van der Waals surface area contributed by atoms with E-state index in [0.29, 0.717) is 21.3 Å². The van der Waals surface area contributed by atoms with E-state index in [4.69, 9.17) is 23.2 Å². The van der Waals surface area contributed by atoms with Gasteiger partial charge in [0.25, 0.3) is 10.0 Å². The van der Waals surface area contributed by atoms with Crippen molar-refractivity contribution in [3.8, 4) is 6.07 Å². The van der Waals surface area contributed by atoms with Gasteiger partial charge in [-0.2, -0.15) is 5.26 Å². The molecule has 0 saturated heterocycles. The van der Waals surface area contributed by atoms with E-state index < -0.39 is 10.0 Å². The van der Waals surface area contributed by atoms with Gasteiger partial charge in [0.15, 0.2) is 5.03 Å². The Morgan fingerprint density at radius 3 is 2.39 bits per heavy atom. The number of hydrogen-bond acceptors (Lipinski definition) is 4. The summed E-state index contributed by atoms with van der Waals surface area (Å²) < 4.78 is 27.4. The zero-order valence-electron chi connectivity index (χ0n) is 12.4. The van der Waals surface area contributed by atoms with Gasteiger partial charge in [0.1, 0.15) is 6.07 Å². The van der Waals surface area contributed by atoms with Crippen molar-refractivity contribution in [1.29, 1.82) is 5.26 Å². The molecule has 0 fully saturated rings. The monoisotopic (exact) mass is 369 g/mol. The molecule has 2 aromatic rings. The third-order valence-electron chi connectivity index (χ3n) is 3.25. The minimum atomic E-state index is -3.95. The van der Waals surface area contributed by atoms with Crippen LogP contribution in [0.3, 0.4) is 0 Å². The molecule has 8 heteroatoms. The molecule has 120 valence electrons. The van der Waals surface area contributed by atoms with Crippen LogP contribution in [0, 0.1) is 25.2 Å². The Balaban J connectivity index is 2.37. The normalized spacial score (nSPS) is 11.3. The maximum absolute atomic E-state index is 12.5. The lowest BCUT2D eigenvalue weighted by Crippen LogP contribution is -2.25. The van der Waals surface area contributed by atoms with Gasteiger partial charge in [-0.05, 0) is 37.1 Å². The number of sulfonamides is 1. The van der Waals surface area contributed by atoms with Gasteiger partial charge in [-0.1, -0.05) is 35.3 Å². The first-order valence-electron chi connectivity index (χ1n) is 6.57. The molecule has 0 aliphatic carbocycles. The van der Waals surface area contributed by atoms with Gasteiger partial charge in [0.05, 0.1) is 16.3 Å². The molecule has 1 N–H and O–H groups in total. The number of aromatic nitrogens is 1. The zero-order valence-corrected chi connectivity index (χ0v) is 14.7. The van der Waals surface area contributed by atoms with Gasteiger partial charge >= 0.3 is 0 Å². The van der Waals surface area contributed by atoms with Gasteiger partial charge in [-0.3, -0.25) is 0 Å². The summed E-state index contributed by atoms with van der Waals surface area (Å²) in [6.07, 6.45) is 0. The molecule has 0 unspecified atom stereocenters. The molecule has 0 aliphatic rings. The second-order valence-electron chi connectivity index (χ2n) is 4.88. The van der Waals surface area contributed by atoms with Crippen LogP contribution in [0.5, 0.6) is 0 Å². The van der Waals surface area contributed by atoms with Gasteiger partial charge in [-0.15, -0.1) is 0 Å². The van der Waals surface area contributed by atoms with Crippen molar-refractivity contribution in [3.05, 3.63) is 56.7 Å². The molecular weight excluding hydrogens is 357 g/mol. The molecule has 2 rings (SSSR count). The van der Waals surface area contributed by atoms with E-state index in [9.17, 15) is 13.7 Å². The average Bonchev–Trinajstić information content (AvgIpc) is 2.52. The molecule has 0 amide bonds. The Bertz CT molecular complexity index is 888. The third-order valence-corrected chi connectivity index (χ3v) is 5.39. The maximum atomic E-state index is 12.5. The van der Waals surface area contributed by atoms with E-state index in [1.54, 1.807) is 38.1 Å². The molecule has 5 nitrogen and oxygen atoms in total. The fourth-order valence-electron chi connectivity index (χ4n) is 1.97. The first kappa shape index (κ1) is 17.7. The van der Waals surface area contributed by atoms with Crippen LogP contribution in [0.2, 0.25) is 10.0 Å². The molecule has 0 radical (unpaired) electrons. The van der Waals surface area contributed by atoms with Crippen molar-refractivity contribution in [2.75, 3.05) is 0 Å². The lowest BCUT2D eigenvalue weighted by atomic mass is 10.1. The lowest BCUT2D eigenvalue weighted by Gasteiger charge is -2.11. The summed E-state index contributed by atoms with van der Waals surface area (Å²) in [4.78, 5) is 3.98. The molecule has 0 saturated carbocycles. The summed E-state index contributed by atoms with van der Waals surface area (Å²) in [5, 5.41) is 9.78. The van der Waals surface area contributed by atoms with Crippen LogP contribution < -0.4 is 4.72 Å². The highest BCUT2D eigenvalue weighted by atomic mass is 35.5. The van der Waals surface area contributed by atoms with E-state index >= 15 is 0 Å². The van der Waals surface area contributed by atoms with Crippen molar-refractivity contribution >= 4 is 33.2 Å². The van der Waals surface area contributed by atoms with E-state index in [0.717, 1.165) is 5.56 Å². The fourth-order valence-corrected chi connectivity index (χ4v) is 3.45. The summed E-state index contributed by atoms with van der Waals surface area (Å²) >= 11 is 11.8. The van der Waals surface area contributed by atoms with Crippen molar-refractivity contribution in [2.24, 2.45) is 0 Å². The number of nitrogens with zero attached hydrogens (tertiary/aromatic N) is 2. The fraction of sp³-hybridized carbons (Fsp3) is 0.200. The predicted molar refractivity (Wildman–Crippen MR) is 88.9 cm³/mol. The highest BCUT2D eigenvalue weighted by molar-refractivity contribution is 7.89. The summed E-state index contributed by atoms with van der Waals surface area (Å²) in [7, 11) is -3.95. The Kier molecular flexibility index (Phi) is 5.27. The minimum Gasteiger partial charge on any atom is -0.237 e. The molecule has 1 aromatic carbocycles. The quantitative estimate of drug-likeness (QED) is 0.895. The topological polar surface area (TPSA) is 82.8 Å². The molecule has 0 spiro atoms. The molecule has 0 bridgehead atoms. The molecular formula is C15H13Cl2N3O2S. The number of hydrogen-bond donors (Lipinski definition) is 1. The van der Waals surface area contributed by atoms with Gasteiger partial charge < -0.3 is 0 Å². The standard InChI is InChI=1S/C15H13Cl2N3O2S/c1-9-13(7-18)15(20-10(2)14(9)17)23(21,22)19-8-11-3-5-12(16)6-4-11/h3-6,19H,8H2,1-2H3. The summed E-state index contributed by atoms with van der Waals surface area (Å²) in [6.45, 7) is 3.25. The van der Waals surface area contributed by atoms with E-state index in [-0.39, 0.29) is 17.1 Å². The first-order valence-corrected chi connectivity index (χ1v) is 8.81. The maximum Gasteiger partial charge on any atom is 0.259 e. The second kappa shape index (κ2) is 6.85. The largest absolute Gasteiger partial charge is 0.259 e. The van der Waals surface area contributed by atoms with E-state index in [2.05, 4.69) is 9.71 Å². The van der Waals surface area contributed by atoms with Crippen LogP contribution in [-0.4, -0.2) is 13.4 Å². The van der Waals surface area contributed by atoms with Crippen LogP contribution in [0.15, 0.2) is 29.3 Å². The Morgan fingerprint density at radius 2 is 1.83 bits per heavy atom. The van der Waals surface area contributed by atoms with Crippen molar-refractivity contribution in [2.45, 2.75) is 25.4 Å². The minimum absolute atomic E-state index is 0.0517. The number of pyridine rings is 1. The Labute approximate surface area is 144 Å². The Morgan fingerprint density at radius 1 is 1.22 bits per heavy atom. The average molecular weight is 370 g/mol. The molecule has 23 heavy (non-hydrogen) atoms. The number of halogens is 2. The summed E-state index contributed by atoms with van der Waals surface area (Å²) in [6, 6.07) is 8.62. The summed E-state index contributed by atoms with van der Waals surface area (Å²) in [5.41, 5.74) is 1.44. The van der Waals surface area contributed by atoms with Crippen LogP contribution in [-0.2, 0) is 16.6 Å². The molecule has 1 aromatic heterocycles. The van der Waals surface area contributed by atoms with E-state index in [1.165, 1.54) is 0 Å². The van der Waals surface area contributed by atoms with Crippen LogP contribution in [0.4, 0.5) is 0 Å². The van der Waals surface area contributed by atoms with Crippen LogP contribution in [0.1, 0.15) is 22.4 Å². The number of benzene rings is 1. The molecule has 1 heterocycles. The van der Waals surface area contributed by atoms with Crippen LogP contribution in [0.25, 0.3) is 0 Å². The third kappa shape index (κ3) is 3.82.